The minimum Gasteiger partial charge on any atom is -0.463 e. The smallest absolute Gasteiger partial charge is 0.416 e. The third-order valence-electron chi connectivity index (χ3n) is 6.63. The number of methoxy groups -OCH3 is 1. The molecule has 198 valence electrons. The van der Waals surface area contributed by atoms with E-state index >= 15 is 4.39 Å². The topological polar surface area (TPSA) is 120 Å². The van der Waals surface area contributed by atoms with E-state index in [0.717, 1.165) is 18.9 Å². The molecule has 1 saturated carbocycles. The molecule has 38 heavy (non-hydrogen) atoms. The molecule has 9 nitrogen and oxygen atoms in total. The van der Waals surface area contributed by atoms with Crippen LogP contribution in [0, 0.1) is 24.2 Å². The van der Waals surface area contributed by atoms with Crippen molar-refractivity contribution >= 4 is 39.5 Å². The Hall–Kier alpha value is -3.70. The number of thioether (sulfide) groups is 1. The van der Waals surface area contributed by atoms with Gasteiger partial charge in [-0.15, -0.1) is 6.42 Å². The van der Waals surface area contributed by atoms with E-state index in [1.54, 1.807) is 13.0 Å². The maximum atomic E-state index is 15.1. The number of ether oxygens (including phenoxy) is 2. The lowest BCUT2D eigenvalue weighted by Crippen LogP contribution is -2.48. The quantitative estimate of drug-likeness (QED) is 0.258. The summed E-state index contributed by atoms with van der Waals surface area (Å²) in [6.45, 7) is 1.58. The molecule has 0 radical (unpaired) electrons. The normalized spacial score (nSPS) is 25.2. The SMILES string of the molecule is C#CCOc1cnc2c(Nc3cnc(F)c([C@]4(C)N=C(N)S[C@@]5([C@H](OC)C(F)(F)F)C[C@H]54)c3)nccc2n1. The van der Waals surface area contributed by atoms with Crippen molar-refractivity contribution in [1.29, 1.82) is 0 Å². The molecule has 4 heterocycles. The number of anilines is 2. The van der Waals surface area contributed by atoms with Crippen LogP contribution in [0.15, 0.2) is 35.7 Å². The van der Waals surface area contributed by atoms with Crippen molar-refractivity contribution in [1.82, 2.24) is 19.9 Å². The fraction of sp³-hybridized carbons (Fsp3) is 0.375. The van der Waals surface area contributed by atoms with Gasteiger partial charge >= 0.3 is 6.18 Å². The molecule has 1 fully saturated rings. The molecule has 0 amide bonds. The summed E-state index contributed by atoms with van der Waals surface area (Å²) in [7, 11) is 0.999. The predicted molar refractivity (Wildman–Crippen MR) is 133 cm³/mol. The zero-order chi connectivity index (χ0) is 27.3. The number of pyridine rings is 2. The number of rotatable bonds is 7. The van der Waals surface area contributed by atoms with E-state index < -0.39 is 34.4 Å². The largest absolute Gasteiger partial charge is 0.463 e. The second-order valence-corrected chi connectivity index (χ2v) is 10.4. The summed E-state index contributed by atoms with van der Waals surface area (Å²) in [6.07, 6.45) is 2.67. The lowest BCUT2D eigenvalue weighted by Gasteiger charge is -2.37. The Morgan fingerprint density at radius 2 is 2.11 bits per heavy atom. The number of fused-ring (bicyclic) bond motifs is 2. The number of nitrogens with two attached hydrogens (primary N) is 1. The number of halogens is 4. The van der Waals surface area contributed by atoms with Crippen LogP contribution in [0.25, 0.3) is 11.0 Å². The summed E-state index contributed by atoms with van der Waals surface area (Å²) in [5.41, 5.74) is 5.73. The van der Waals surface area contributed by atoms with Crippen LogP contribution >= 0.6 is 11.8 Å². The van der Waals surface area contributed by atoms with Crippen LogP contribution < -0.4 is 15.8 Å². The van der Waals surface area contributed by atoms with Gasteiger partial charge in [0.2, 0.25) is 11.8 Å². The van der Waals surface area contributed by atoms with Crippen LogP contribution in [0.5, 0.6) is 5.88 Å². The monoisotopic (exact) mass is 547 g/mol. The van der Waals surface area contributed by atoms with Crippen LogP contribution in [0.1, 0.15) is 18.9 Å². The average molecular weight is 548 g/mol. The number of aromatic nitrogens is 4. The highest BCUT2D eigenvalue weighted by atomic mass is 32.2. The molecule has 0 unspecified atom stereocenters. The standard InChI is InChI=1S/C24H21F4N7O2S/c1-4-7-37-16-11-31-17-14(34-16)5-6-30-19(17)33-12-8-13(18(25)32-10-12)22(2)15-9-23(15,38-21(29)35-22)20(36-3)24(26,27)28/h1,5-6,8,10-11,15,20H,7,9H2,2-3H3,(H2,29,35)(H,30,33)/t15-,20-,22-,23-/m0/s1. The highest BCUT2D eigenvalue weighted by molar-refractivity contribution is 8.15. The molecule has 3 aromatic rings. The Balaban J connectivity index is 1.49. The summed E-state index contributed by atoms with van der Waals surface area (Å²) in [6, 6.07) is 3.06. The molecule has 0 aromatic carbocycles. The lowest BCUT2D eigenvalue weighted by atomic mass is 9.85. The zero-order valence-electron chi connectivity index (χ0n) is 20.1. The van der Waals surface area contributed by atoms with Gasteiger partial charge in [-0.2, -0.15) is 17.6 Å². The van der Waals surface area contributed by atoms with Gasteiger partial charge in [0.05, 0.1) is 33.9 Å². The van der Waals surface area contributed by atoms with Gasteiger partial charge in [-0.25, -0.2) is 19.9 Å². The van der Waals surface area contributed by atoms with Crippen molar-refractivity contribution in [2.24, 2.45) is 16.6 Å². The first-order chi connectivity index (χ1) is 18.0. The van der Waals surface area contributed by atoms with Crippen LogP contribution in [-0.4, -0.2) is 55.8 Å². The number of amidine groups is 1. The number of hydrogen-bond acceptors (Lipinski definition) is 10. The van der Waals surface area contributed by atoms with Gasteiger partial charge in [-0.05, 0) is 25.5 Å². The maximum absolute atomic E-state index is 15.1. The summed E-state index contributed by atoms with van der Waals surface area (Å²) >= 11 is 0.817. The van der Waals surface area contributed by atoms with Gasteiger partial charge < -0.3 is 20.5 Å². The van der Waals surface area contributed by atoms with E-state index in [2.05, 4.69) is 36.2 Å². The molecule has 1 aliphatic carbocycles. The molecule has 3 N–H and O–H groups in total. The van der Waals surface area contributed by atoms with Gasteiger partial charge in [-0.1, -0.05) is 17.7 Å². The number of aliphatic imine (C=N–C) groups is 1. The number of nitrogens with zero attached hydrogens (tertiary/aromatic N) is 5. The molecule has 1 aliphatic heterocycles. The number of hydrogen-bond donors (Lipinski definition) is 2. The first-order valence-electron chi connectivity index (χ1n) is 11.3. The summed E-state index contributed by atoms with van der Waals surface area (Å²) < 4.78 is 65.3. The third kappa shape index (κ3) is 4.35. The molecular weight excluding hydrogens is 526 g/mol. The number of alkyl halides is 3. The second-order valence-electron chi connectivity index (χ2n) is 8.98. The first-order valence-corrected chi connectivity index (χ1v) is 12.1. The predicted octanol–water partition coefficient (Wildman–Crippen LogP) is 3.93. The third-order valence-corrected chi connectivity index (χ3v) is 7.98. The van der Waals surface area contributed by atoms with Crippen LogP contribution in [0.2, 0.25) is 0 Å². The second kappa shape index (κ2) is 9.25. The molecule has 3 aromatic heterocycles. The van der Waals surface area contributed by atoms with Crippen LogP contribution in [0.3, 0.4) is 0 Å². The number of nitrogens with one attached hydrogen (secondary N) is 1. The van der Waals surface area contributed by atoms with Crippen molar-refractivity contribution in [3.05, 3.63) is 42.2 Å². The van der Waals surface area contributed by atoms with E-state index in [1.165, 1.54) is 24.7 Å². The Bertz CT molecular complexity index is 1480. The molecule has 14 heteroatoms. The average Bonchev–Trinajstić information content (AvgIpc) is 3.59. The van der Waals surface area contributed by atoms with E-state index in [-0.39, 0.29) is 29.6 Å². The van der Waals surface area contributed by atoms with Gasteiger partial charge in [0.25, 0.3) is 0 Å². The van der Waals surface area contributed by atoms with Crippen molar-refractivity contribution < 1.29 is 27.0 Å². The highest BCUT2D eigenvalue weighted by Gasteiger charge is 2.74. The van der Waals surface area contributed by atoms with Gasteiger partial charge in [0.1, 0.15) is 5.52 Å². The summed E-state index contributed by atoms with van der Waals surface area (Å²) in [5.74, 6) is 1.30. The Labute approximate surface area is 218 Å². The minimum absolute atomic E-state index is 0.00838. The Morgan fingerprint density at radius 1 is 1.32 bits per heavy atom. The van der Waals surface area contributed by atoms with Crippen molar-refractivity contribution in [2.75, 3.05) is 19.0 Å². The van der Waals surface area contributed by atoms with Crippen LogP contribution in [-0.2, 0) is 10.3 Å². The molecule has 0 saturated heterocycles. The van der Waals surface area contributed by atoms with E-state index in [0.29, 0.717) is 22.5 Å². The first kappa shape index (κ1) is 25.9. The summed E-state index contributed by atoms with van der Waals surface area (Å²) in [5, 5.41) is 2.95. The maximum Gasteiger partial charge on any atom is 0.416 e. The molecule has 4 atom stereocenters. The van der Waals surface area contributed by atoms with Crippen LogP contribution in [0.4, 0.5) is 29.1 Å². The molecular formula is C24H21F4N7O2S. The molecule has 0 spiro atoms. The fourth-order valence-electron chi connectivity index (χ4n) is 4.99. The lowest BCUT2D eigenvalue weighted by molar-refractivity contribution is -0.216. The summed E-state index contributed by atoms with van der Waals surface area (Å²) in [4.78, 5) is 21.2. The van der Waals surface area contributed by atoms with Gasteiger partial charge in [0, 0.05) is 24.8 Å². The van der Waals surface area contributed by atoms with Gasteiger partial charge in [0.15, 0.2) is 23.7 Å². The van der Waals surface area contributed by atoms with E-state index in [9.17, 15) is 13.2 Å². The van der Waals surface area contributed by atoms with E-state index in [1.807, 2.05) is 0 Å². The Kier molecular flexibility index (Phi) is 6.31. The number of terminal acetylenes is 1. The Morgan fingerprint density at radius 3 is 2.82 bits per heavy atom. The molecule has 2 aliphatic rings. The van der Waals surface area contributed by atoms with E-state index in [4.69, 9.17) is 21.6 Å². The van der Waals surface area contributed by atoms with Crippen molar-refractivity contribution in [3.8, 4) is 18.2 Å². The fourth-order valence-corrected chi connectivity index (χ4v) is 6.57. The molecule has 0 bridgehead atoms. The minimum atomic E-state index is -4.64. The highest BCUT2D eigenvalue weighted by Crippen LogP contribution is 2.69. The molecule has 5 rings (SSSR count). The van der Waals surface area contributed by atoms with Crippen molar-refractivity contribution in [2.45, 2.75) is 35.9 Å². The van der Waals surface area contributed by atoms with Crippen molar-refractivity contribution in [3.63, 3.8) is 0 Å². The van der Waals surface area contributed by atoms with Gasteiger partial charge in [-0.3, -0.25) is 4.99 Å². The zero-order valence-corrected chi connectivity index (χ0v) is 20.9.